The Morgan fingerprint density at radius 1 is 1.03 bits per heavy atom. The van der Waals surface area contributed by atoms with Gasteiger partial charge in [-0.3, -0.25) is 4.79 Å². The van der Waals surface area contributed by atoms with E-state index >= 15 is 0 Å². The number of aryl methyl sites for hydroxylation is 1. The summed E-state index contributed by atoms with van der Waals surface area (Å²) in [6.07, 6.45) is -0.0899. The normalized spacial score (nSPS) is 15.2. The third kappa shape index (κ3) is 8.22. The molecule has 0 bridgehead atoms. The SMILES string of the molecule is CCc1cccc(CNC[C@@H](O)[C@H](Cc2cc(F)cc(F)c2)NC(=O)c2cc(Cl)ccc2N2CCOCC2)c1. The van der Waals surface area contributed by atoms with Crippen LogP contribution < -0.4 is 15.5 Å². The monoisotopic (exact) mass is 557 g/mol. The van der Waals surface area contributed by atoms with Gasteiger partial charge in [0.25, 0.3) is 5.91 Å². The highest BCUT2D eigenvalue weighted by molar-refractivity contribution is 6.31. The van der Waals surface area contributed by atoms with Crippen molar-refractivity contribution in [1.82, 2.24) is 10.6 Å². The van der Waals surface area contributed by atoms with Crippen LogP contribution in [0.2, 0.25) is 5.02 Å². The van der Waals surface area contributed by atoms with Crippen LogP contribution in [-0.2, 0) is 24.1 Å². The largest absolute Gasteiger partial charge is 0.390 e. The first-order valence-electron chi connectivity index (χ1n) is 13.2. The number of halogens is 3. The van der Waals surface area contributed by atoms with Crippen LogP contribution in [0.3, 0.4) is 0 Å². The smallest absolute Gasteiger partial charge is 0.253 e. The topological polar surface area (TPSA) is 73.8 Å². The molecule has 0 spiro atoms. The van der Waals surface area contributed by atoms with Crippen molar-refractivity contribution in [2.45, 2.75) is 38.5 Å². The molecule has 3 N–H and O–H groups in total. The zero-order chi connectivity index (χ0) is 27.8. The van der Waals surface area contributed by atoms with Gasteiger partial charge in [-0.15, -0.1) is 0 Å². The molecule has 2 atom stereocenters. The van der Waals surface area contributed by atoms with E-state index in [1.165, 1.54) is 17.7 Å². The van der Waals surface area contributed by atoms with Crippen molar-refractivity contribution in [3.63, 3.8) is 0 Å². The molecule has 3 aromatic carbocycles. The summed E-state index contributed by atoms with van der Waals surface area (Å²) in [4.78, 5) is 15.6. The number of amides is 1. The molecule has 4 rings (SSSR count). The number of carbonyl (C=O) groups excluding carboxylic acids is 1. The fraction of sp³-hybridized carbons (Fsp3) is 0.367. The van der Waals surface area contributed by atoms with Gasteiger partial charge < -0.3 is 25.4 Å². The Hall–Kier alpha value is -3.04. The maximum absolute atomic E-state index is 13.9. The third-order valence-corrected chi connectivity index (χ3v) is 7.03. The molecule has 39 heavy (non-hydrogen) atoms. The molecule has 1 aliphatic rings. The summed E-state index contributed by atoms with van der Waals surface area (Å²) in [6, 6.07) is 15.6. The van der Waals surface area contributed by atoms with Crippen molar-refractivity contribution in [3.05, 3.63) is 99.6 Å². The van der Waals surface area contributed by atoms with Crippen LogP contribution in [0.4, 0.5) is 14.5 Å². The number of anilines is 1. The van der Waals surface area contributed by atoms with Gasteiger partial charge in [0.1, 0.15) is 11.6 Å². The predicted octanol–water partition coefficient (Wildman–Crippen LogP) is 4.51. The predicted molar refractivity (Wildman–Crippen MR) is 149 cm³/mol. The van der Waals surface area contributed by atoms with E-state index in [4.69, 9.17) is 16.3 Å². The molecule has 208 valence electrons. The van der Waals surface area contributed by atoms with E-state index in [2.05, 4.69) is 29.7 Å². The Kier molecular flexibility index (Phi) is 10.3. The molecule has 1 fully saturated rings. The van der Waals surface area contributed by atoms with Gasteiger partial charge in [0.15, 0.2) is 0 Å². The lowest BCUT2D eigenvalue weighted by molar-refractivity contribution is 0.0829. The molecular weight excluding hydrogens is 524 g/mol. The second-order valence-corrected chi connectivity index (χ2v) is 10.1. The summed E-state index contributed by atoms with van der Waals surface area (Å²) in [7, 11) is 0. The van der Waals surface area contributed by atoms with E-state index in [1.807, 2.05) is 17.0 Å². The zero-order valence-corrected chi connectivity index (χ0v) is 22.7. The Morgan fingerprint density at radius 3 is 2.46 bits per heavy atom. The van der Waals surface area contributed by atoms with Crippen molar-refractivity contribution in [2.75, 3.05) is 37.7 Å². The number of benzene rings is 3. The van der Waals surface area contributed by atoms with Crippen LogP contribution in [0.5, 0.6) is 0 Å². The summed E-state index contributed by atoms with van der Waals surface area (Å²) in [6.45, 7) is 5.11. The highest BCUT2D eigenvalue weighted by atomic mass is 35.5. The van der Waals surface area contributed by atoms with E-state index in [1.54, 1.807) is 18.2 Å². The number of aliphatic hydroxyl groups is 1. The van der Waals surface area contributed by atoms with Crippen LogP contribution >= 0.6 is 11.6 Å². The summed E-state index contributed by atoms with van der Waals surface area (Å²) in [5, 5.41) is 17.7. The molecule has 0 saturated carbocycles. The Balaban J connectivity index is 1.52. The number of hydrogen-bond acceptors (Lipinski definition) is 5. The standard InChI is InChI=1S/C30H34ClF2N3O3/c1-2-20-4-3-5-21(12-20)18-34-19-29(37)27(15-22-13-24(32)17-25(33)14-22)35-30(38)26-16-23(31)6-7-28(26)36-8-10-39-11-9-36/h3-7,12-14,16-17,27,29,34,37H,2,8-11,15,18-19H2,1H3,(H,35,38)/t27-,29+/m0/s1. The fourth-order valence-electron chi connectivity index (χ4n) is 4.75. The van der Waals surface area contributed by atoms with Crippen LogP contribution in [0.25, 0.3) is 0 Å². The molecule has 3 aromatic rings. The average Bonchev–Trinajstić information content (AvgIpc) is 2.92. The fourth-order valence-corrected chi connectivity index (χ4v) is 4.92. The highest BCUT2D eigenvalue weighted by Crippen LogP contribution is 2.26. The first-order chi connectivity index (χ1) is 18.8. The first-order valence-corrected chi connectivity index (χ1v) is 13.5. The second kappa shape index (κ2) is 13.8. The van der Waals surface area contributed by atoms with Crippen LogP contribution in [0.15, 0.2) is 60.7 Å². The van der Waals surface area contributed by atoms with Gasteiger partial charge in [0.05, 0.1) is 30.9 Å². The molecule has 1 aliphatic heterocycles. The van der Waals surface area contributed by atoms with Gasteiger partial charge in [0, 0.05) is 43.0 Å². The first kappa shape index (κ1) is 29.0. The van der Waals surface area contributed by atoms with Crippen molar-refractivity contribution in [3.8, 4) is 0 Å². The second-order valence-electron chi connectivity index (χ2n) is 9.69. The Bertz CT molecular complexity index is 1250. The molecular formula is C30H34ClF2N3O3. The quantitative estimate of drug-likeness (QED) is 0.324. The third-order valence-electron chi connectivity index (χ3n) is 6.80. The van der Waals surface area contributed by atoms with Gasteiger partial charge in [-0.1, -0.05) is 42.8 Å². The van der Waals surface area contributed by atoms with E-state index in [0.29, 0.717) is 54.7 Å². The summed E-state index contributed by atoms with van der Waals surface area (Å²) in [5.41, 5.74) is 3.68. The van der Waals surface area contributed by atoms with Gasteiger partial charge in [-0.2, -0.15) is 0 Å². The highest BCUT2D eigenvalue weighted by Gasteiger charge is 2.26. The Labute approximate surface area is 232 Å². The molecule has 0 radical (unpaired) electrons. The minimum atomic E-state index is -1.04. The van der Waals surface area contributed by atoms with Crippen LogP contribution in [0.1, 0.15) is 34.0 Å². The number of carbonyl (C=O) groups is 1. The van der Waals surface area contributed by atoms with Gasteiger partial charge >= 0.3 is 0 Å². The minimum absolute atomic E-state index is 0.0298. The number of nitrogens with zero attached hydrogens (tertiary/aromatic N) is 1. The van der Waals surface area contributed by atoms with Crippen LogP contribution in [0, 0.1) is 11.6 Å². The molecule has 1 amide bonds. The molecule has 9 heteroatoms. The van der Waals surface area contributed by atoms with E-state index in [9.17, 15) is 18.7 Å². The number of rotatable bonds is 11. The molecule has 6 nitrogen and oxygen atoms in total. The Morgan fingerprint density at radius 2 is 1.74 bits per heavy atom. The number of morpholine rings is 1. The van der Waals surface area contributed by atoms with Gasteiger partial charge in [-0.05, 0) is 59.9 Å². The summed E-state index contributed by atoms with van der Waals surface area (Å²) in [5.74, 6) is -1.87. The minimum Gasteiger partial charge on any atom is -0.390 e. The lowest BCUT2D eigenvalue weighted by atomic mass is 9.99. The number of hydrogen-bond donors (Lipinski definition) is 3. The van der Waals surface area contributed by atoms with Crippen LogP contribution in [-0.4, -0.2) is 56.0 Å². The zero-order valence-electron chi connectivity index (χ0n) is 21.9. The van der Waals surface area contributed by atoms with E-state index in [-0.39, 0.29) is 13.0 Å². The lowest BCUT2D eigenvalue weighted by Crippen LogP contribution is -2.49. The van der Waals surface area contributed by atoms with Gasteiger partial charge in [0.2, 0.25) is 0 Å². The molecule has 1 heterocycles. The van der Waals surface area contributed by atoms with Crippen molar-refractivity contribution < 1.29 is 23.4 Å². The average molecular weight is 558 g/mol. The maximum atomic E-state index is 13.9. The molecule has 1 saturated heterocycles. The van der Waals surface area contributed by atoms with Crippen molar-refractivity contribution >= 4 is 23.2 Å². The molecule has 0 aliphatic carbocycles. The number of aliphatic hydroxyl groups excluding tert-OH is 1. The summed E-state index contributed by atoms with van der Waals surface area (Å²) >= 11 is 6.25. The van der Waals surface area contributed by atoms with Crippen molar-refractivity contribution in [2.24, 2.45) is 0 Å². The van der Waals surface area contributed by atoms with Crippen molar-refractivity contribution in [1.29, 1.82) is 0 Å². The van der Waals surface area contributed by atoms with E-state index in [0.717, 1.165) is 18.1 Å². The summed E-state index contributed by atoms with van der Waals surface area (Å²) < 4.78 is 33.3. The number of nitrogens with one attached hydrogen (secondary N) is 2. The van der Waals surface area contributed by atoms with E-state index < -0.39 is 29.7 Å². The molecule has 0 aromatic heterocycles. The lowest BCUT2D eigenvalue weighted by Gasteiger charge is -2.31. The van der Waals surface area contributed by atoms with Gasteiger partial charge in [-0.25, -0.2) is 8.78 Å². The maximum Gasteiger partial charge on any atom is 0.253 e. The number of ether oxygens (including phenoxy) is 1. The molecule has 0 unspecified atom stereocenters.